The van der Waals surface area contributed by atoms with E-state index in [0.717, 1.165) is 18.1 Å². The number of nitrogens with one attached hydrogen (secondary N) is 1. The molecule has 1 heterocycles. The van der Waals surface area contributed by atoms with E-state index in [1.165, 1.54) is 16.7 Å². The minimum Gasteiger partial charge on any atom is -0.308 e. The summed E-state index contributed by atoms with van der Waals surface area (Å²) in [4.78, 5) is 4.36. The molecule has 0 atom stereocenters. The lowest BCUT2D eigenvalue weighted by molar-refractivity contribution is 0.562. The number of hydrogen-bond acceptors (Lipinski definition) is 3. The molecule has 0 unspecified atom stereocenters. The fourth-order valence-corrected chi connectivity index (χ4v) is 2.37. The van der Waals surface area contributed by atoms with Crippen LogP contribution in [-0.2, 0) is 6.54 Å². The Bertz CT molecular complexity index is 546. The van der Waals surface area contributed by atoms with Crippen molar-refractivity contribution in [1.29, 1.82) is 0 Å². The first-order valence-corrected chi connectivity index (χ1v) is 6.69. The number of aromatic nitrogens is 3. The van der Waals surface area contributed by atoms with Gasteiger partial charge in [-0.2, -0.15) is 5.10 Å². The molecule has 4 nitrogen and oxygen atoms in total. The Labute approximate surface area is 114 Å². The van der Waals surface area contributed by atoms with Gasteiger partial charge in [0.05, 0.1) is 12.2 Å². The zero-order valence-electron chi connectivity index (χ0n) is 12.4. The molecule has 0 saturated carbocycles. The van der Waals surface area contributed by atoms with Crippen molar-refractivity contribution in [3.63, 3.8) is 0 Å². The van der Waals surface area contributed by atoms with Gasteiger partial charge in [0.2, 0.25) is 0 Å². The topological polar surface area (TPSA) is 42.7 Å². The van der Waals surface area contributed by atoms with Crippen LogP contribution in [0.25, 0.3) is 5.69 Å². The van der Waals surface area contributed by atoms with Crippen LogP contribution in [0.5, 0.6) is 0 Å². The molecule has 0 radical (unpaired) electrons. The molecule has 0 saturated heterocycles. The Kier molecular flexibility index (Phi) is 4.00. The summed E-state index contributed by atoms with van der Waals surface area (Å²) in [6.45, 7) is 11.3. The van der Waals surface area contributed by atoms with E-state index in [1.54, 1.807) is 6.33 Å². The van der Waals surface area contributed by atoms with Gasteiger partial charge in [-0.15, -0.1) is 0 Å². The van der Waals surface area contributed by atoms with E-state index in [9.17, 15) is 0 Å². The maximum atomic E-state index is 4.38. The van der Waals surface area contributed by atoms with Gasteiger partial charge in [0.1, 0.15) is 12.2 Å². The van der Waals surface area contributed by atoms with Gasteiger partial charge in [-0.3, -0.25) is 0 Å². The highest BCUT2D eigenvalue weighted by atomic mass is 15.3. The molecule has 2 rings (SSSR count). The smallest absolute Gasteiger partial charge is 0.146 e. The summed E-state index contributed by atoms with van der Waals surface area (Å²) >= 11 is 0. The second kappa shape index (κ2) is 5.53. The minimum atomic E-state index is 0.436. The SMILES string of the molecule is Cc1cc(C)c(-n2ncnc2CNC(C)C)c(C)c1. The summed E-state index contributed by atoms with van der Waals surface area (Å²) in [5.41, 5.74) is 4.88. The number of benzene rings is 1. The Morgan fingerprint density at radius 2 is 1.79 bits per heavy atom. The first-order chi connectivity index (χ1) is 8.99. The van der Waals surface area contributed by atoms with Crippen molar-refractivity contribution < 1.29 is 0 Å². The second-order valence-electron chi connectivity index (χ2n) is 5.37. The predicted molar refractivity (Wildman–Crippen MR) is 77.5 cm³/mol. The summed E-state index contributed by atoms with van der Waals surface area (Å²) in [5, 5.41) is 7.77. The van der Waals surface area contributed by atoms with Crippen molar-refractivity contribution in [2.75, 3.05) is 0 Å². The molecule has 0 aliphatic carbocycles. The second-order valence-corrected chi connectivity index (χ2v) is 5.37. The van der Waals surface area contributed by atoms with Crippen LogP contribution in [0, 0.1) is 20.8 Å². The fraction of sp³-hybridized carbons (Fsp3) is 0.467. The van der Waals surface area contributed by atoms with Crippen LogP contribution in [-0.4, -0.2) is 20.8 Å². The molecule has 1 aromatic carbocycles. The van der Waals surface area contributed by atoms with Gasteiger partial charge in [-0.1, -0.05) is 31.5 Å². The maximum Gasteiger partial charge on any atom is 0.146 e. The molecule has 0 amide bonds. The minimum absolute atomic E-state index is 0.436. The molecule has 0 fully saturated rings. The van der Waals surface area contributed by atoms with E-state index in [4.69, 9.17) is 0 Å². The molecule has 0 spiro atoms. The first kappa shape index (κ1) is 13.7. The normalized spacial score (nSPS) is 11.3. The maximum absolute atomic E-state index is 4.38. The molecule has 1 aromatic heterocycles. The lowest BCUT2D eigenvalue weighted by Crippen LogP contribution is -2.24. The predicted octanol–water partition coefficient (Wildman–Crippen LogP) is 2.69. The van der Waals surface area contributed by atoms with Gasteiger partial charge in [0, 0.05) is 6.04 Å². The monoisotopic (exact) mass is 258 g/mol. The van der Waals surface area contributed by atoms with Gasteiger partial charge in [-0.25, -0.2) is 9.67 Å². The Morgan fingerprint density at radius 3 is 2.37 bits per heavy atom. The molecule has 4 heteroatoms. The van der Waals surface area contributed by atoms with Gasteiger partial charge >= 0.3 is 0 Å². The van der Waals surface area contributed by atoms with Crippen molar-refractivity contribution in [3.05, 3.63) is 41.0 Å². The van der Waals surface area contributed by atoms with Crippen molar-refractivity contribution in [1.82, 2.24) is 20.1 Å². The van der Waals surface area contributed by atoms with E-state index in [-0.39, 0.29) is 0 Å². The van der Waals surface area contributed by atoms with Gasteiger partial charge in [0.15, 0.2) is 0 Å². The Morgan fingerprint density at radius 1 is 1.16 bits per heavy atom. The number of nitrogens with zero attached hydrogens (tertiary/aromatic N) is 3. The molecule has 0 bridgehead atoms. The molecular weight excluding hydrogens is 236 g/mol. The standard InChI is InChI=1S/C15H22N4/c1-10(2)16-8-14-17-9-18-19(14)15-12(4)6-11(3)7-13(15)5/h6-7,9-10,16H,8H2,1-5H3. The van der Waals surface area contributed by atoms with Crippen molar-refractivity contribution >= 4 is 0 Å². The van der Waals surface area contributed by atoms with Crippen LogP contribution >= 0.6 is 0 Å². The summed E-state index contributed by atoms with van der Waals surface area (Å²) in [6.07, 6.45) is 1.62. The molecule has 2 aromatic rings. The largest absolute Gasteiger partial charge is 0.308 e. The number of aryl methyl sites for hydroxylation is 3. The quantitative estimate of drug-likeness (QED) is 0.917. The first-order valence-electron chi connectivity index (χ1n) is 6.69. The highest BCUT2D eigenvalue weighted by molar-refractivity contribution is 5.49. The van der Waals surface area contributed by atoms with Crippen molar-refractivity contribution in [2.45, 2.75) is 47.2 Å². The van der Waals surface area contributed by atoms with E-state index in [1.807, 2.05) is 4.68 Å². The summed E-state index contributed by atoms with van der Waals surface area (Å²) in [5.74, 6) is 0.948. The molecule has 0 aliphatic rings. The average Bonchev–Trinajstić information content (AvgIpc) is 2.73. The van der Waals surface area contributed by atoms with Crippen LogP contribution < -0.4 is 5.32 Å². The summed E-state index contributed by atoms with van der Waals surface area (Å²) in [7, 11) is 0. The van der Waals surface area contributed by atoms with Crippen molar-refractivity contribution in [2.24, 2.45) is 0 Å². The lowest BCUT2D eigenvalue weighted by atomic mass is 10.1. The zero-order chi connectivity index (χ0) is 14.0. The van der Waals surface area contributed by atoms with Gasteiger partial charge < -0.3 is 5.32 Å². The van der Waals surface area contributed by atoms with Crippen LogP contribution in [0.1, 0.15) is 36.4 Å². The van der Waals surface area contributed by atoms with Crippen LogP contribution in [0.3, 0.4) is 0 Å². The molecule has 0 aliphatic heterocycles. The van der Waals surface area contributed by atoms with Crippen LogP contribution in [0.2, 0.25) is 0 Å². The summed E-state index contributed by atoms with van der Waals surface area (Å²) in [6, 6.07) is 4.80. The zero-order valence-corrected chi connectivity index (χ0v) is 12.4. The van der Waals surface area contributed by atoms with Crippen LogP contribution in [0.4, 0.5) is 0 Å². The summed E-state index contributed by atoms with van der Waals surface area (Å²) < 4.78 is 1.94. The van der Waals surface area contributed by atoms with E-state index >= 15 is 0 Å². The third kappa shape index (κ3) is 3.01. The van der Waals surface area contributed by atoms with E-state index in [2.05, 4.69) is 62.2 Å². The van der Waals surface area contributed by atoms with Gasteiger partial charge in [-0.05, 0) is 31.9 Å². The molecule has 102 valence electrons. The van der Waals surface area contributed by atoms with Crippen molar-refractivity contribution in [3.8, 4) is 5.69 Å². The number of hydrogen-bond donors (Lipinski definition) is 1. The average molecular weight is 258 g/mol. The third-order valence-electron chi connectivity index (χ3n) is 3.13. The Hall–Kier alpha value is -1.68. The van der Waals surface area contributed by atoms with E-state index < -0.39 is 0 Å². The van der Waals surface area contributed by atoms with Gasteiger partial charge in [0.25, 0.3) is 0 Å². The lowest BCUT2D eigenvalue weighted by Gasteiger charge is -2.14. The molecule has 19 heavy (non-hydrogen) atoms. The van der Waals surface area contributed by atoms with Crippen LogP contribution in [0.15, 0.2) is 18.5 Å². The Balaban J connectivity index is 2.40. The fourth-order valence-electron chi connectivity index (χ4n) is 2.37. The molecular formula is C15H22N4. The third-order valence-corrected chi connectivity index (χ3v) is 3.13. The highest BCUT2D eigenvalue weighted by Crippen LogP contribution is 2.21. The highest BCUT2D eigenvalue weighted by Gasteiger charge is 2.12. The molecule has 1 N–H and O–H groups in total. The number of rotatable bonds is 4. The van der Waals surface area contributed by atoms with E-state index in [0.29, 0.717) is 6.04 Å².